The lowest BCUT2D eigenvalue weighted by Gasteiger charge is -2.41. The average Bonchev–Trinajstić information content (AvgIpc) is 2.37. The van der Waals surface area contributed by atoms with Crippen LogP contribution in [-0.2, 0) is 0 Å². The summed E-state index contributed by atoms with van der Waals surface area (Å²) in [5, 5.41) is 12.9. The summed E-state index contributed by atoms with van der Waals surface area (Å²) in [7, 11) is 0. The first kappa shape index (κ1) is 15.8. The first-order chi connectivity index (χ1) is 9.74. The number of anilines is 1. The molecule has 0 bridgehead atoms. The zero-order valence-electron chi connectivity index (χ0n) is 13.5. The summed E-state index contributed by atoms with van der Waals surface area (Å²) >= 11 is 0. The Morgan fingerprint density at radius 3 is 2.33 bits per heavy atom. The number of nitrogens with zero attached hydrogens (tertiary/aromatic N) is 1. The van der Waals surface area contributed by atoms with E-state index in [0.717, 1.165) is 31.2 Å². The standard InChI is InChI=1S/C18H25FN2/c1-13-9-15(19)11-16(10-13)21-18(12-20)7-5-14(6-8-18)17(2,3)4/h9-11,14,21H,5-8H2,1-4H3. The number of nitriles is 1. The van der Waals surface area contributed by atoms with E-state index >= 15 is 0 Å². The highest BCUT2D eigenvalue weighted by molar-refractivity contribution is 5.50. The van der Waals surface area contributed by atoms with Crippen LogP contribution in [0.15, 0.2) is 18.2 Å². The van der Waals surface area contributed by atoms with E-state index < -0.39 is 5.54 Å². The molecule has 2 nitrogen and oxygen atoms in total. The third-order valence-corrected chi connectivity index (χ3v) is 4.70. The van der Waals surface area contributed by atoms with Gasteiger partial charge in [0.25, 0.3) is 0 Å². The van der Waals surface area contributed by atoms with Gasteiger partial charge in [-0.15, -0.1) is 0 Å². The quantitative estimate of drug-likeness (QED) is 0.827. The molecule has 0 spiro atoms. The molecule has 0 unspecified atom stereocenters. The van der Waals surface area contributed by atoms with Crippen LogP contribution >= 0.6 is 0 Å². The van der Waals surface area contributed by atoms with Crippen LogP contribution in [0.1, 0.15) is 52.0 Å². The van der Waals surface area contributed by atoms with Crippen LogP contribution in [-0.4, -0.2) is 5.54 Å². The Kier molecular flexibility index (Phi) is 4.27. The van der Waals surface area contributed by atoms with E-state index in [4.69, 9.17) is 0 Å². The molecule has 1 saturated carbocycles. The predicted molar refractivity (Wildman–Crippen MR) is 84.5 cm³/mol. The fourth-order valence-electron chi connectivity index (χ4n) is 3.33. The van der Waals surface area contributed by atoms with Gasteiger partial charge in [-0.05, 0) is 67.7 Å². The molecule has 2 rings (SSSR count). The van der Waals surface area contributed by atoms with E-state index in [-0.39, 0.29) is 11.2 Å². The molecule has 1 N–H and O–H groups in total. The van der Waals surface area contributed by atoms with Crippen molar-refractivity contribution in [3.05, 3.63) is 29.6 Å². The molecule has 1 fully saturated rings. The molecular formula is C18H25FN2. The fraction of sp³-hybridized carbons (Fsp3) is 0.611. The molecule has 0 aliphatic heterocycles. The van der Waals surface area contributed by atoms with Crippen LogP contribution in [0.2, 0.25) is 0 Å². The summed E-state index contributed by atoms with van der Waals surface area (Å²) in [5.74, 6) is 0.393. The Hall–Kier alpha value is -1.56. The predicted octanol–water partition coefficient (Wildman–Crippen LogP) is 5.04. The lowest BCUT2D eigenvalue weighted by Crippen LogP contribution is -2.42. The molecule has 1 aliphatic rings. The number of benzene rings is 1. The van der Waals surface area contributed by atoms with Gasteiger partial charge in [0, 0.05) is 5.69 Å². The van der Waals surface area contributed by atoms with Gasteiger partial charge in [0.1, 0.15) is 11.4 Å². The summed E-state index contributed by atoms with van der Waals surface area (Å²) in [6.45, 7) is 8.66. The minimum absolute atomic E-state index is 0.256. The Bertz CT molecular complexity index is 523. The maximum atomic E-state index is 13.5. The Balaban J connectivity index is 2.12. The Morgan fingerprint density at radius 2 is 1.86 bits per heavy atom. The molecule has 0 atom stereocenters. The normalized spacial score (nSPS) is 26.2. The number of hydrogen-bond acceptors (Lipinski definition) is 2. The van der Waals surface area contributed by atoms with E-state index in [1.807, 2.05) is 13.0 Å². The van der Waals surface area contributed by atoms with Crippen LogP contribution in [0.25, 0.3) is 0 Å². The maximum absolute atomic E-state index is 13.5. The van der Waals surface area contributed by atoms with Crippen LogP contribution in [0, 0.1) is 35.4 Å². The van der Waals surface area contributed by atoms with Crippen molar-refractivity contribution in [1.82, 2.24) is 0 Å². The second-order valence-electron chi connectivity index (χ2n) is 7.48. The first-order valence-electron chi connectivity index (χ1n) is 7.71. The lowest BCUT2D eigenvalue weighted by atomic mass is 9.67. The first-order valence-corrected chi connectivity index (χ1v) is 7.71. The molecule has 0 saturated heterocycles. The van der Waals surface area contributed by atoms with Gasteiger partial charge in [0.2, 0.25) is 0 Å². The molecule has 114 valence electrons. The molecule has 0 heterocycles. The van der Waals surface area contributed by atoms with Gasteiger partial charge in [-0.3, -0.25) is 0 Å². The summed E-state index contributed by atoms with van der Waals surface area (Å²) in [4.78, 5) is 0. The summed E-state index contributed by atoms with van der Waals surface area (Å²) in [6, 6.07) is 7.32. The highest BCUT2D eigenvalue weighted by Crippen LogP contribution is 2.42. The van der Waals surface area contributed by atoms with Crippen molar-refractivity contribution in [2.75, 3.05) is 5.32 Å². The van der Waals surface area contributed by atoms with Crippen LogP contribution < -0.4 is 5.32 Å². The number of aryl methyl sites for hydroxylation is 1. The second-order valence-corrected chi connectivity index (χ2v) is 7.48. The number of rotatable bonds is 2. The van der Waals surface area contributed by atoms with Crippen molar-refractivity contribution in [3.63, 3.8) is 0 Å². The summed E-state index contributed by atoms with van der Waals surface area (Å²) in [6.07, 6.45) is 3.72. The molecular weight excluding hydrogens is 263 g/mol. The van der Waals surface area contributed by atoms with E-state index in [0.29, 0.717) is 11.6 Å². The molecule has 1 aliphatic carbocycles. The third kappa shape index (κ3) is 3.75. The second kappa shape index (κ2) is 5.67. The zero-order valence-corrected chi connectivity index (χ0v) is 13.5. The van der Waals surface area contributed by atoms with Crippen LogP contribution in [0.4, 0.5) is 10.1 Å². The van der Waals surface area contributed by atoms with E-state index in [1.54, 1.807) is 0 Å². The zero-order chi connectivity index (χ0) is 15.7. The lowest BCUT2D eigenvalue weighted by molar-refractivity contribution is 0.159. The monoisotopic (exact) mass is 288 g/mol. The van der Waals surface area contributed by atoms with Gasteiger partial charge in [0.15, 0.2) is 0 Å². The third-order valence-electron chi connectivity index (χ3n) is 4.70. The van der Waals surface area contributed by atoms with Gasteiger partial charge in [-0.25, -0.2) is 4.39 Å². The van der Waals surface area contributed by atoms with E-state index in [2.05, 4.69) is 32.2 Å². The number of hydrogen-bond donors (Lipinski definition) is 1. The molecule has 0 aromatic heterocycles. The largest absolute Gasteiger partial charge is 0.367 e. The summed E-state index contributed by atoms with van der Waals surface area (Å²) < 4.78 is 13.5. The minimum atomic E-state index is -0.554. The number of nitrogens with one attached hydrogen (secondary N) is 1. The van der Waals surface area contributed by atoms with Gasteiger partial charge in [-0.2, -0.15) is 5.26 Å². The van der Waals surface area contributed by atoms with E-state index in [1.165, 1.54) is 12.1 Å². The van der Waals surface area contributed by atoms with Gasteiger partial charge < -0.3 is 5.32 Å². The highest BCUT2D eigenvalue weighted by atomic mass is 19.1. The van der Waals surface area contributed by atoms with Crippen molar-refractivity contribution in [2.45, 2.75) is 58.9 Å². The van der Waals surface area contributed by atoms with Crippen molar-refractivity contribution < 1.29 is 4.39 Å². The Morgan fingerprint density at radius 1 is 1.24 bits per heavy atom. The minimum Gasteiger partial charge on any atom is -0.367 e. The molecule has 3 heteroatoms. The molecule has 1 aromatic carbocycles. The van der Waals surface area contributed by atoms with Crippen molar-refractivity contribution in [1.29, 1.82) is 5.26 Å². The van der Waals surface area contributed by atoms with Gasteiger partial charge in [0.05, 0.1) is 6.07 Å². The van der Waals surface area contributed by atoms with Crippen molar-refractivity contribution >= 4 is 5.69 Å². The number of halogens is 1. The van der Waals surface area contributed by atoms with Gasteiger partial charge >= 0.3 is 0 Å². The van der Waals surface area contributed by atoms with Crippen molar-refractivity contribution in [2.24, 2.45) is 11.3 Å². The maximum Gasteiger partial charge on any atom is 0.125 e. The molecule has 21 heavy (non-hydrogen) atoms. The van der Waals surface area contributed by atoms with Crippen LogP contribution in [0.5, 0.6) is 0 Å². The summed E-state index contributed by atoms with van der Waals surface area (Å²) in [5.41, 5.74) is 1.32. The molecule has 0 radical (unpaired) electrons. The average molecular weight is 288 g/mol. The topological polar surface area (TPSA) is 35.8 Å². The Labute approximate surface area is 127 Å². The smallest absolute Gasteiger partial charge is 0.125 e. The van der Waals surface area contributed by atoms with Crippen LogP contribution in [0.3, 0.4) is 0 Å². The molecule has 0 amide bonds. The van der Waals surface area contributed by atoms with Gasteiger partial charge in [-0.1, -0.05) is 20.8 Å². The molecule has 1 aromatic rings. The van der Waals surface area contributed by atoms with Crippen molar-refractivity contribution in [3.8, 4) is 6.07 Å². The SMILES string of the molecule is Cc1cc(F)cc(NC2(C#N)CCC(C(C)(C)C)CC2)c1. The fourth-order valence-corrected chi connectivity index (χ4v) is 3.33. The highest BCUT2D eigenvalue weighted by Gasteiger charge is 2.39. The van der Waals surface area contributed by atoms with E-state index in [9.17, 15) is 9.65 Å².